The van der Waals surface area contributed by atoms with Crippen LogP contribution in [-0.2, 0) is 6.42 Å². The van der Waals surface area contributed by atoms with Crippen LogP contribution in [0.2, 0.25) is 0 Å². The minimum atomic E-state index is -1.03. The number of hydrogen-bond acceptors (Lipinski definition) is 2. The van der Waals surface area contributed by atoms with Gasteiger partial charge in [-0.05, 0) is 54.3 Å². The molecule has 0 fully saturated rings. The molecule has 1 atom stereocenters. The zero-order chi connectivity index (χ0) is 15.0. The van der Waals surface area contributed by atoms with E-state index in [1.807, 2.05) is 12.1 Å². The third kappa shape index (κ3) is 2.59. The maximum atomic E-state index is 13.2. The van der Waals surface area contributed by atoms with E-state index in [1.54, 1.807) is 6.07 Å². The van der Waals surface area contributed by atoms with E-state index in [4.69, 9.17) is 5.73 Å². The molecule has 1 aliphatic carbocycles. The summed E-state index contributed by atoms with van der Waals surface area (Å²) in [6, 6.07) is 8.60. The number of fused-ring (bicyclic) bond motifs is 1. The van der Waals surface area contributed by atoms with Gasteiger partial charge in [-0.1, -0.05) is 6.07 Å². The molecule has 1 aliphatic rings. The maximum Gasteiger partial charge on any atom is 0.251 e. The Morgan fingerprint density at radius 3 is 2.71 bits per heavy atom. The molecule has 3 rings (SSSR count). The number of anilines is 1. The molecular weight excluding hydrogens is 274 g/mol. The van der Waals surface area contributed by atoms with Crippen LogP contribution >= 0.6 is 0 Å². The molecule has 0 aliphatic heterocycles. The Morgan fingerprint density at radius 1 is 1.14 bits per heavy atom. The molecule has 0 saturated carbocycles. The van der Waals surface area contributed by atoms with E-state index >= 15 is 0 Å². The number of halogens is 2. The number of nitrogen functional groups attached to an aromatic ring is 1. The van der Waals surface area contributed by atoms with E-state index in [0.717, 1.165) is 36.1 Å². The molecule has 0 aromatic heterocycles. The monoisotopic (exact) mass is 288 g/mol. The average Bonchev–Trinajstić information content (AvgIpc) is 2.84. The Morgan fingerprint density at radius 2 is 1.95 bits per heavy atom. The number of carbonyl (C=O) groups is 1. The minimum absolute atomic E-state index is 0.109. The number of carbonyl (C=O) groups excluding carboxylic acids is 1. The highest BCUT2D eigenvalue weighted by Gasteiger charge is 2.24. The summed E-state index contributed by atoms with van der Waals surface area (Å²) in [4.78, 5) is 12.1. The van der Waals surface area contributed by atoms with Crippen LogP contribution in [0.3, 0.4) is 0 Å². The highest BCUT2D eigenvalue weighted by molar-refractivity contribution is 5.94. The van der Waals surface area contributed by atoms with Gasteiger partial charge in [-0.15, -0.1) is 0 Å². The minimum Gasteiger partial charge on any atom is -0.399 e. The average molecular weight is 288 g/mol. The fraction of sp³-hybridized carbons (Fsp3) is 0.188. The van der Waals surface area contributed by atoms with E-state index in [0.29, 0.717) is 5.69 Å². The number of rotatable bonds is 2. The van der Waals surface area contributed by atoms with Crippen LogP contribution in [0.25, 0.3) is 0 Å². The van der Waals surface area contributed by atoms with E-state index in [2.05, 4.69) is 5.32 Å². The van der Waals surface area contributed by atoms with Gasteiger partial charge in [0.2, 0.25) is 0 Å². The second-order valence-electron chi connectivity index (χ2n) is 5.15. The number of nitrogens with one attached hydrogen (secondary N) is 1. The Hall–Kier alpha value is -2.43. The fourth-order valence-corrected chi connectivity index (χ4v) is 2.67. The summed E-state index contributed by atoms with van der Waals surface area (Å²) in [5.74, 6) is -2.40. The van der Waals surface area contributed by atoms with Gasteiger partial charge in [0, 0.05) is 11.3 Å². The Kier molecular flexibility index (Phi) is 3.33. The summed E-state index contributed by atoms with van der Waals surface area (Å²) >= 11 is 0. The molecule has 0 heterocycles. The van der Waals surface area contributed by atoms with Gasteiger partial charge in [-0.3, -0.25) is 4.79 Å². The molecule has 2 aromatic rings. The van der Waals surface area contributed by atoms with E-state index in [1.165, 1.54) is 6.07 Å². The molecule has 0 saturated heterocycles. The molecule has 2 aromatic carbocycles. The van der Waals surface area contributed by atoms with Gasteiger partial charge in [-0.2, -0.15) is 0 Å². The van der Waals surface area contributed by atoms with Crippen molar-refractivity contribution in [2.75, 3.05) is 5.73 Å². The zero-order valence-electron chi connectivity index (χ0n) is 11.2. The topological polar surface area (TPSA) is 55.1 Å². The number of aryl methyl sites for hydroxylation is 1. The second-order valence-corrected chi connectivity index (χ2v) is 5.15. The van der Waals surface area contributed by atoms with Crippen LogP contribution in [0.15, 0.2) is 36.4 Å². The molecule has 1 unspecified atom stereocenters. The van der Waals surface area contributed by atoms with Crippen LogP contribution < -0.4 is 11.1 Å². The van der Waals surface area contributed by atoms with Gasteiger partial charge >= 0.3 is 0 Å². The third-order valence-electron chi connectivity index (χ3n) is 3.73. The van der Waals surface area contributed by atoms with Gasteiger partial charge in [0.25, 0.3) is 5.91 Å². The SMILES string of the molecule is Nc1ccc2c(c1)CCC2NC(=O)c1ccc(F)c(F)c1. The van der Waals surface area contributed by atoms with Crippen LogP contribution in [0, 0.1) is 11.6 Å². The molecule has 108 valence electrons. The molecule has 0 radical (unpaired) electrons. The highest BCUT2D eigenvalue weighted by atomic mass is 19.2. The standard InChI is InChI=1S/C16H14F2N2O/c17-13-5-1-10(8-14(13)18)16(21)20-15-6-2-9-7-11(19)3-4-12(9)15/h1,3-5,7-8,15H,2,6,19H2,(H,20,21). The number of benzene rings is 2. The Labute approximate surface area is 120 Å². The van der Waals surface area contributed by atoms with Gasteiger partial charge in [-0.25, -0.2) is 8.78 Å². The molecule has 0 spiro atoms. The molecular formula is C16H14F2N2O. The van der Waals surface area contributed by atoms with Gasteiger partial charge in [0.05, 0.1) is 6.04 Å². The van der Waals surface area contributed by atoms with Crippen molar-refractivity contribution in [1.29, 1.82) is 0 Å². The molecule has 3 N–H and O–H groups in total. The summed E-state index contributed by atoms with van der Waals surface area (Å²) in [7, 11) is 0. The van der Waals surface area contributed by atoms with Gasteiger partial charge in [0.15, 0.2) is 11.6 Å². The van der Waals surface area contributed by atoms with Crippen molar-refractivity contribution in [3.8, 4) is 0 Å². The third-order valence-corrected chi connectivity index (χ3v) is 3.73. The molecule has 1 amide bonds. The zero-order valence-corrected chi connectivity index (χ0v) is 11.2. The first-order chi connectivity index (χ1) is 10.0. The predicted molar refractivity (Wildman–Crippen MR) is 75.7 cm³/mol. The van der Waals surface area contributed by atoms with Crippen LogP contribution in [0.1, 0.15) is 33.9 Å². The van der Waals surface area contributed by atoms with E-state index in [-0.39, 0.29) is 11.6 Å². The number of hydrogen-bond donors (Lipinski definition) is 2. The van der Waals surface area contributed by atoms with Crippen molar-refractivity contribution in [1.82, 2.24) is 5.32 Å². The van der Waals surface area contributed by atoms with Crippen molar-refractivity contribution in [2.45, 2.75) is 18.9 Å². The summed E-state index contributed by atoms with van der Waals surface area (Å²) in [6.45, 7) is 0. The Bertz CT molecular complexity index is 715. The lowest BCUT2D eigenvalue weighted by Gasteiger charge is -2.14. The second kappa shape index (κ2) is 5.16. The Balaban J connectivity index is 1.79. The molecule has 0 bridgehead atoms. The quantitative estimate of drug-likeness (QED) is 0.835. The van der Waals surface area contributed by atoms with Crippen molar-refractivity contribution in [2.24, 2.45) is 0 Å². The van der Waals surface area contributed by atoms with Crippen molar-refractivity contribution >= 4 is 11.6 Å². The van der Waals surface area contributed by atoms with Crippen LogP contribution in [0.4, 0.5) is 14.5 Å². The van der Waals surface area contributed by atoms with Crippen molar-refractivity contribution < 1.29 is 13.6 Å². The maximum absolute atomic E-state index is 13.2. The lowest BCUT2D eigenvalue weighted by Crippen LogP contribution is -2.27. The number of amides is 1. The predicted octanol–water partition coefficient (Wildman–Crippen LogP) is 2.96. The first kappa shape index (κ1) is 13.5. The first-order valence-corrected chi connectivity index (χ1v) is 6.69. The molecule has 21 heavy (non-hydrogen) atoms. The van der Waals surface area contributed by atoms with E-state index < -0.39 is 17.5 Å². The molecule has 5 heteroatoms. The lowest BCUT2D eigenvalue weighted by atomic mass is 10.1. The fourth-order valence-electron chi connectivity index (χ4n) is 2.67. The smallest absolute Gasteiger partial charge is 0.251 e. The number of nitrogens with two attached hydrogens (primary N) is 1. The summed E-state index contributed by atoms with van der Waals surface area (Å²) in [5.41, 5.74) is 8.68. The largest absolute Gasteiger partial charge is 0.399 e. The summed E-state index contributed by atoms with van der Waals surface area (Å²) in [6.07, 6.45) is 1.61. The van der Waals surface area contributed by atoms with Crippen molar-refractivity contribution in [3.63, 3.8) is 0 Å². The highest BCUT2D eigenvalue weighted by Crippen LogP contribution is 2.32. The van der Waals surface area contributed by atoms with E-state index in [9.17, 15) is 13.6 Å². The van der Waals surface area contributed by atoms with Gasteiger partial charge in [0.1, 0.15) is 0 Å². The lowest BCUT2D eigenvalue weighted by molar-refractivity contribution is 0.0936. The normalized spacial score (nSPS) is 16.6. The summed E-state index contributed by atoms with van der Waals surface area (Å²) in [5, 5.41) is 2.85. The summed E-state index contributed by atoms with van der Waals surface area (Å²) < 4.78 is 26.1. The van der Waals surface area contributed by atoms with Crippen LogP contribution in [-0.4, -0.2) is 5.91 Å². The van der Waals surface area contributed by atoms with Crippen molar-refractivity contribution in [3.05, 3.63) is 64.7 Å². The molecule has 3 nitrogen and oxygen atoms in total. The van der Waals surface area contributed by atoms with Crippen LogP contribution in [0.5, 0.6) is 0 Å². The van der Waals surface area contributed by atoms with Gasteiger partial charge < -0.3 is 11.1 Å². The first-order valence-electron chi connectivity index (χ1n) is 6.69.